The van der Waals surface area contributed by atoms with Crippen LogP contribution in [-0.2, 0) is 16.1 Å². The molecule has 144 valence electrons. The lowest BCUT2D eigenvalue weighted by molar-refractivity contribution is -0.147. The van der Waals surface area contributed by atoms with Crippen molar-refractivity contribution in [2.75, 3.05) is 17.7 Å². The minimum Gasteiger partial charge on any atom is -0.482 e. The number of nitrogens with two attached hydrogens (primary N) is 1. The number of rotatable bonds is 7. The van der Waals surface area contributed by atoms with Gasteiger partial charge in [-0.15, -0.1) is 0 Å². The van der Waals surface area contributed by atoms with E-state index in [9.17, 15) is 4.79 Å². The zero-order valence-corrected chi connectivity index (χ0v) is 15.7. The molecule has 0 radical (unpaired) electrons. The number of aromatic nitrogens is 3. The summed E-state index contributed by atoms with van der Waals surface area (Å²) >= 11 is 0. The molecule has 0 amide bonds. The molecule has 8 heteroatoms. The zero-order chi connectivity index (χ0) is 19.9. The Labute approximate surface area is 162 Å². The minimum atomic E-state index is -0.532. The second-order valence-electron chi connectivity index (χ2n) is 6.20. The summed E-state index contributed by atoms with van der Waals surface area (Å²) in [6.45, 7) is 3.58. The quantitative estimate of drug-likeness (QED) is 0.603. The molecule has 28 heavy (non-hydrogen) atoms. The molecule has 0 bridgehead atoms. The fourth-order valence-electron chi connectivity index (χ4n) is 2.55. The third kappa shape index (κ3) is 5.66. The lowest BCUT2D eigenvalue weighted by Crippen LogP contribution is -2.16. The molecular formula is C20H21N5O3. The van der Waals surface area contributed by atoms with E-state index in [1.165, 1.54) is 0 Å². The van der Waals surface area contributed by atoms with Gasteiger partial charge in [0.05, 0.1) is 0 Å². The molecule has 0 fully saturated rings. The number of carbonyl (C=O) groups is 1. The van der Waals surface area contributed by atoms with Crippen LogP contribution >= 0.6 is 0 Å². The molecular weight excluding hydrogens is 358 g/mol. The van der Waals surface area contributed by atoms with Gasteiger partial charge in [0.1, 0.15) is 5.75 Å². The van der Waals surface area contributed by atoms with Crippen LogP contribution in [0.15, 0.2) is 48.5 Å². The van der Waals surface area contributed by atoms with Gasteiger partial charge in [-0.1, -0.05) is 24.3 Å². The minimum absolute atomic E-state index is 0.0333. The highest BCUT2D eigenvalue weighted by Gasteiger charge is 2.10. The zero-order valence-electron chi connectivity index (χ0n) is 15.7. The topological polar surface area (TPSA) is 112 Å². The van der Waals surface area contributed by atoms with E-state index < -0.39 is 5.97 Å². The summed E-state index contributed by atoms with van der Waals surface area (Å²) in [7, 11) is 0. The number of para-hydroxylation sites is 1. The molecule has 0 aliphatic heterocycles. The molecule has 3 N–H and O–H groups in total. The highest BCUT2D eigenvalue weighted by molar-refractivity contribution is 5.71. The van der Waals surface area contributed by atoms with Gasteiger partial charge in [0, 0.05) is 5.69 Å². The summed E-state index contributed by atoms with van der Waals surface area (Å²) in [4.78, 5) is 24.2. The number of benzene rings is 2. The lowest BCUT2D eigenvalue weighted by Gasteiger charge is -2.09. The first-order chi connectivity index (χ1) is 13.5. The normalized spacial score (nSPS) is 10.4. The summed E-state index contributed by atoms with van der Waals surface area (Å²) in [6, 6.07) is 15.1. The number of nitrogens with one attached hydrogen (secondary N) is 1. The third-order valence-corrected chi connectivity index (χ3v) is 3.64. The second-order valence-corrected chi connectivity index (χ2v) is 6.20. The van der Waals surface area contributed by atoms with Crippen LogP contribution in [0.5, 0.6) is 5.75 Å². The Bertz CT molecular complexity index is 943. The van der Waals surface area contributed by atoms with Gasteiger partial charge in [0.15, 0.2) is 19.0 Å². The fraction of sp³-hybridized carbons (Fsp3) is 0.200. The predicted molar refractivity (Wildman–Crippen MR) is 105 cm³/mol. The van der Waals surface area contributed by atoms with Crippen molar-refractivity contribution in [3.63, 3.8) is 0 Å². The monoisotopic (exact) mass is 379 g/mol. The number of anilines is 3. The third-order valence-electron chi connectivity index (χ3n) is 3.64. The Morgan fingerprint density at radius 1 is 1.04 bits per heavy atom. The molecule has 0 aliphatic carbocycles. The SMILES string of the molecule is Cc1cc(C)cc(OCC(=O)OCc2nc(N)nc(Nc3ccccc3)n2)c1. The average molecular weight is 379 g/mol. The maximum absolute atomic E-state index is 12.0. The maximum Gasteiger partial charge on any atom is 0.344 e. The van der Waals surface area contributed by atoms with Crippen LogP contribution in [-0.4, -0.2) is 27.5 Å². The Balaban J connectivity index is 1.55. The van der Waals surface area contributed by atoms with Crippen molar-refractivity contribution in [1.29, 1.82) is 0 Å². The van der Waals surface area contributed by atoms with Crippen LogP contribution in [0.1, 0.15) is 17.0 Å². The van der Waals surface area contributed by atoms with E-state index in [1.54, 1.807) is 0 Å². The average Bonchev–Trinajstić information content (AvgIpc) is 2.64. The van der Waals surface area contributed by atoms with Gasteiger partial charge in [-0.2, -0.15) is 15.0 Å². The van der Waals surface area contributed by atoms with Crippen LogP contribution in [0, 0.1) is 13.8 Å². The lowest BCUT2D eigenvalue weighted by atomic mass is 10.1. The summed E-state index contributed by atoms with van der Waals surface area (Å²) < 4.78 is 10.7. The Morgan fingerprint density at radius 3 is 2.46 bits per heavy atom. The number of nitrogens with zero attached hydrogens (tertiary/aromatic N) is 3. The first-order valence-corrected chi connectivity index (χ1v) is 8.67. The van der Waals surface area contributed by atoms with Gasteiger partial charge in [0.25, 0.3) is 0 Å². The summed E-state index contributed by atoms with van der Waals surface area (Å²) in [5.74, 6) is 0.636. The molecule has 1 aromatic heterocycles. The Kier molecular flexibility index (Phi) is 6.01. The molecule has 0 unspecified atom stereocenters. The highest BCUT2D eigenvalue weighted by Crippen LogP contribution is 2.16. The molecule has 1 heterocycles. The number of aryl methyl sites for hydroxylation is 2. The molecule has 3 aromatic rings. The van der Waals surface area contributed by atoms with Crippen LogP contribution in [0.3, 0.4) is 0 Å². The van der Waals surface area contributed by atoms with E-state index in [2.05, 4.69) is 20.3 Å². The van der Waals surface area contributed by atoms with Crippen molar-refractivity contribution >= 4 is 23.6 Å². The van der Waals surface area contributed by atoms with E-state index in [1.807, 2.05) is 62.4 Å². The van der Waals surface area contributed by atoms with Crippen molar-refractivity contribution < 1.29 is 14.3 Å². The highest BCUT2D eigenvalue weighted by atomic mass is 16.6. The summed E-state index contributed by atoms with van der Waals surface area (Å²) in [6.07, 6.45) is 0. The molecule has 3 rings (SSSR count). The standard InChI is InChI=1S/C20H21N5O3/c1-13-8-14(2)10-16(9-13)27-12-18(26)28-11-17-23-19(21)25-20(24-17)22-15-6-4-3-5-7-15/h3-10H,11-12H2,1-2H3,(H3,21,22,23,24,25). The second kappa shape index (κ2) is 8.81. The Morgan fingerprint density at radius 2 is 1.75 bits per heavy atom. The first-order valence-electron chi connectivity index (χ1n) is 8.67. The van der Waals surface area contributed by atoms with Gasteiger partial charge >= 0.3 is 5.97 Å². The number of carbonyl (C=O) groups excluding carboxylic acids is 1. The number of ether oxygens (including phenoxy) is 2. The largest absolute Gasteiger partial charge is 0.482 e. The van der Waals surface area contributed by atoms with Crippen molar-refractivity contribution in [1.82, 2.24) is 15.0 Å². The van der Waals surface area contributed by atoms with Crippen LogP contribution in [0.2, 0.25) is 0 Å². The molecule has 0 saturated heterocycles. The smallest absolute Gasteiger partial charge is 0.344 e. The number of esters is 1. The van der Waals surface area contributed by atoms with Crippen molar-refractivity contribution in [2.24, 2.45) is 0 Å². The molecule has 0 aliphatic rings. The molecule has 0 saturated carbocycles. The van der Waals surface area contributed by atoms with Crippen LogP contribution in [0.4, 0.5) is 17.6 Å². The van der Waals surface area contributed by atoms with Crippen molar-refractivity contribution in [3.05, 3.63) is 65.5 Å². The van der Waals surface area contributed by atoms with Crippen molar-refractivity contribution in [2.45, 2.75) is 20.5 Å². The Hall–Kier alpha value is -3.68. The maximum atomic E-state index is 12.0. The van der Waals surface area contributed by atoms with E-state index in [0.717, 1.165) is 16.8 Å². The van der Waals surface area contributed by atoms with Gasteiger partial charge in [0.2, 0.25) is 11.9 Å². The van der Waals surface area contributed by atoms with E-state index >= 15 is 0 Å². The predicted octanol–water partition coefficient (Wildman–Crippen LogP) is 2.94. The molecule has 2 aromatic carbocycles. The van der Waals surface area contributed by atoms with Crippen molar-refractivity contribution in [3.8, 4) is 5.75 Å². The summed E-state index contributed by atoms with van der Waals surface area (Å²) in [5.41, 5.74) is 8.63. The fourth-order valence-corrected chi connectivity index (χ4v) is 2.55. The van der Waals surface area contributed by atoms with Crippen LogP contribution < -0.4 is 15.8 Å². The number of hydrogen-bond donors (Lipinski definition) is 2. The molecule has 0 atom stereocenters. The first kappa shape index (κ1) is 19.1. The van der Waals surface area contributed by atoms with Gasteiger partial charge in [-0.05, 0) is 49.2 Å². The van der Waals surface area contributed by atoms with Crippen LogP contribution in [0.25, 0.3) is 0 Å². The van der Waals surface area contributed by atoms with Gasteiger partial charge in [-0.3, -0.25) is 0 Å². The van der Waals surface area contributed by atoms with E-state index in [-0.39, 0.29) is 30.9 Å². The van der Waals surface area contributed by atoms with E-state index in [4.69, 9.17) is 15.2 Å². The molecule has 0 spiro atoms. The number of nitrogen functional groups attached to an aromatic ring is 1. The van der Waals surface area contributed by atoms with Gasteiger partial charge < -0.3 is 20.5 Å². The van der Waals surface area contributed by atoms with Gasteiger partial charge in [-0.25, -0.2) is 4.79 Å². The number of hydrogen-bond acceptors (Lipinski definition) is 8. The van der Waals surface area contributed by atoms with E-state index in [0.29, 0.717) is 5.75 Å². The molecule has 8 nitrogen and oxygen atoms in total. The summed E-state index contributed by atoms with van der Waals surface area (Å²) in [5, 5.41) is 3.02.